The zero-order valence-corrected chi connectivity index (χ0v) is 18.2. The molecule has 2 heterocycles. The van der Waals surface area contributed by atoms with Gasteiger partial charge >= 0.3 is 0 Å². The van der Waals surface area contributed by atoms with Crippen molar-refractivity contribution in [1.82, 2.24) is 10.3 Å². The van der Waals surface area contributed by atoms with Crippen LogP contribution in [0.4, 0.5) is 8.78 Å². The Labute approximate surface area is 180 Å². The monoisotopic (exact) mass is 431 g/mol. The lowest BCUT2D eigenvalue weighted by Gasteiger charge is -2.43. The molecule has 1 fully saturated rings. The fourth-order valence-electron chi connectivity index (χ4n) is 4.55. The van der Waals surface area contributed by atoms with E-state index in [9.17, 15) is 13.6 Å². The maximum Gasteiger partial charge on any atom is 0.260 e. The molecule has 30 heavy (non-hydrogen) atoms. The topological polar surface area (TPSA) is 44.7 Å². The van der Waals surface area contributed by atoms with Crippen molar-refractivity contribution in [2.75, 3.05) is 6.54 Å². The van der Waals surface area contributed by atoms with Crippen molar-refractivity contribution in [1.29, 1.82) is 0 Å². The molecule has 160 valence electrons. The molecule has 2 atom stereocenters. The molecule has 1 N–H and O–H groups in total. The van der Waals surface area contributed by atoms with Crippen molar-refractivity contribution in [2.24, 2.45) is 5.10 Å². The normalized spacial score (nSPS) is 24.4. The third-order valence-electron chi connectivity index (χ3n) is 6.25. The van der Waals surface area contributed by atoms with Gasteiger partial charge in [0.25, 0.3) is 5.91 Å². The Bertz CT molecular complexity index is 967. The Kier molecular flexibility index (Phi) is 6.02. The zero-order valence-electron chi connectivity index (χ0n) is 17.4. The lowest BCUT2D eigenvalue weighted by molar-refractivity contribution is -0.141. The SMILES string of the molecule is C/C(=N\N(C(=O)C1CCCCN1)C1(C)CCCc2sccc21)c1cc(F)ccc1F. The van der Waals surface area contributed by atoms with Crippen LogP contribution in [0, 0.1) is 11.6 Å². The van der Waals surface area contributed by atoms with Crippen molar-refractivity contribution < 1.29 is 13.6 Å². The van der Waals surface area contributed by atoms with E-state index in [1.165, 1.54) is 4.88 Å². The van der Waals surface area contributed by atoms with Gasteiger partial charge < -0.3 is 5.32 Å². The smallest absolute Gasteiger partial charge is 0.260 e. The summed E-state index contributed by atoms with van der Waals surface area (Å²) >= 11 is 1.70. The molecule has 1 aromatic carbocycles. The number of piperidine rings is 1. The molecule has 2 unspecified atom stereocenters. The summed E-state index contributed by atoms with van der Waals surface area (Å²) in [7, 11) is 0. The van der Waals surface area contributed by atoms with Gasteiger partial charge in [0.2, 0.25) is 0 Å². The van der Waals surface area contributed by atoms with E-state index in [0.29, 0.717) is 5.71 Å². The number of carbonyl (C=O) groups is 1. The summed E-state index contributed by atoms with van der Waals surface area (Å²) in [4.78, 5) is 14.9. The first-order valence-electron chi connectivity index (χ1n) is 10.5. The van der Waals surface area contributed by atoms with E-state index in [1.54, 1.807) is 23.3 Å². The van der Waals surface area contributed by atoms with Crippen LogP contribution in [-0.2, 0) is 16.8 Å². The van der Waals surface area contributed by atoms with E-state index in [0.717, 1.165) is 68.8 Å². The van der Waals surface area contributed by atoms with Gasteiger partial charge in [-0.25, -0.2) is 13.8 Å². The Balaban J connectivity index is 1.78. The number of rotatable bonds is 4. The number of halogens is 2. The number of thiophene rings is 1. The molecular weight excluding hydrogens is 404 g/mol. The van der Waals surface area contributed by atoms with E-state index in [1.807, 2.05) is 6.92 Å². The lowest BCUT2D eigenvalue weighted by atomic mass is 9.80. The number of carbonyl (C=O) groups excluding carboxylic acids is 1. The van der Waals surface area contributed by atoms with Crippen LogP contribution in [0.2, 0.25) is 0 Å². The molecule has 0 bridgehead atoms. The van der Waals surface area contributed by atoms with Crippen LogP contribution in [0.5, 0.6) is 0 Å². The maximum atomic E-state index is 14.4. The molecule has 4 nitrogen and oxygen atoms in total. The molecule has 0 spiro atoms. The van der Waals surface area contributed by atoms with Crippen LogP contribution in [0.15, 0.2) is 34.7 Å². The Hall–Kier alpha value is -2.12. The van der Waals surface area contributed by atoms with E-state index >= 15 is 0 Å². The minimum absolute atomic E-state index is 0.0781. The van der Waals surface area contributed by atoms with Crippen LogP contribution < -0.4 is 5.32 Å². The van der Waals surface area contributed by atoms with Crippen molar-refractivity contribution in [2.45, 2.75) is 64.0 Å². The van der Waals surface area contributed by atoms with Crippen LogP contribution in [-0.4, -0.2) is 29.2 Å². The number of hydrogen-bond donors (Lipinski definition) is 1. The molecular formula is C23H27F2N3OS. The molecule has 0 radical (unpaired) electrons. The summed E-state index contributed by atoms with van der Waals surface area (Å²) in [6.07, 6.45) is 5.51. The molecule has 0 saturated carbocycles. The standard InChI is InChI=1S/C23H27F2N3OS/c1-15(17-14-16(24)8-9-19(17)25)27-28(22(29)20-6-3-4-12-26-20)23(2)11-5-7-21-18(23)10-13-30-21/h8-10,13-14,20,26H,3-7,11-12H2,1-2H3/b27-15+. The second-order valence-corrected chi connectivity index (χ2v) is 9.35. The predicted molar refractivity (Wildman–Crippen MR) is 116 cm³/mol. The molecule has 1 saturated heterocycles. The minimum atomic E-state index is -0.616. The van der Waals surface area contributed by atoms with E-state index in [4.69, 9.17) is 0 Å². The average molecular weight is 432 g/mol. The molecule has 1 aromatic heterocycles. The number of aryl methyl sites for hydroxylation is 1. The first-order valence-corrected chi connectivity index (χ1v) is 11.4. The molecule has 1 aliphatic carbocycles. The predicted octanol–water partition coefficient (Wildman–Crippen LogP) is 4.97. The van der Waals surface area contributed by atoms with Gasteiger partial charge in [-0.15, -0.1) is 11.3 Å². The fraction of sp³-hybridized carbons (Fsp3) is 0.478. The van der Waals surface area contributed by atoms with Crippen LogP contribution in [0.3, 0.4) is 0 Å². The molecule has 2 aromatic rings. The number of benzene rings is 1. The second kappa shape index (κ2) is 8.55. The first-order chi connectivity index (χ1) is 14.4. The van der Waals surface area contributed by atoms with E-state index in [-0.39, 0.29) is 17.5 Å². The third-order valence-corrected chi connectivity index (χ3v) is 7.23. The van der Waals surface area contributed by atoms with Gasteiger partial charge in [0, 0.05) is 10.4 Å². The summed E-state index contributed by atoms with van der Waals surface area (Å²) in [5, 5.41) is 11.6. The highest BCUT2D eigenvalue weighted by Gasteiger charge is 2.43. The summed E-state index contributed by atoms with van der Waals surface area (Å²) in [5.74, 6) is -1.19. The number of nitrogens with zero attached hydrogens (tertiary/aromatic N) is 2. The average Bonchev–Trinajstić information content (AvgIpc) is 3.24. The Morgan fingerprint density at radius 3 is 2.87 bits per heavy atom. The largest absolute Gasteiger partial charge is 0.306 e. The minimum Gasteiger partial charge on any atom is -0.306 e. The van der Waals surface area contributed by atoms with E-state index < -0.39 is 17.2 Å². The highest BCUT2D eigenvalue weighted by atomic mass is 32.1. The Morgan fingerprint density at radius 2 is 2.10 bits per heavy atom. The molecule has 4 rings (SSSR count). The van der Waals surface area contributed by atoms with E-state index in [2.05, 4.69) is 21.9 Å². The molecule has 2 aliphatic rings. The molecule has 1 aliphatic heterocycles. The number of fused-ring (bicyclic) bond motifs is 1. The van der Waals surface area contributed by atoms with Crippen molar-refractivity contribution in [3.63, 3.8) is 0 Å². The number of amides is 1. The summed E-state index contributed by atoms with van der Waals surface area (Å²) in [6.45, 7) is 4.47. The lowest BCUT2D eigenvalue weighted by Crippen LogP contribution is -2.54. The van der Waals surface area contributed by atoms with Gasteiger partial charge in [0.1, 0.15) is 11.6 Å². The number of hydrazone groups is 1. The third kappa shape index (κ3) is 3.93. The molecule has 7 heteroatoms. The quantitative estimate of drug-likeness (QED) is 0.549. The number of hydrogen-bond acceptors (Lipinski definition) is 4. The van der Waals surface area contributed by atoms with Crippen LogP contribution in [0.1, 0.15) is 62.0 Å². The van der Waals surface area contributed by atoms with Crippen LogP contribution in [0.25, 0.3) is 0 Å². The van der Waals surface area contributed by atoms with Crippen molar-refractivity contribution in [3.05, 3.63) is 57.3 Å². The first kappa shape index (κ1) is 21.1. The van der Waals surface area contributed by atoms with Crippen molar-refractivity contribution in [3.8, 4) is 0 Å². The highest BCUT2D eigenvalue weighted by Crippen LogP contribution is 2.43. The zero-order chi connectivity index (χ0) is 21.3. The van der Waals surface area contributed by atoms with Crippen molar-refractivity contribution >= 4 is 23.0 Å². The fourth-order valence-corrected chi connectivity index (χ4v) is 5.60. The molecule has 1 amide bonds. The summed E-state index contributed by atoms with van der Waals surface area (Å²) in [5.41, 5.74) is 0.864. The van der Waals surface area contributed by atoms with Gasteiger partial charge in [0.05, 0.1) is 17.3 Å². The highest BCUT2D eigenvalue weighted by molar-refractivity contribution is 7.10. The Morgan fingerprint density at radius 1 is 1.27 bits per heavy atom. The van der Waals surface area contributed by atoms with Crippen LogP contribution >= 0.6 is 11.3 Å². The summed E-state index contributed by atoms with van der Waals surface area (Å²) < 4.78 is 28.2. The van der Waals surface area contributed by atoms with Gasteiger partial charge in [-0.2, -0.15) is 5.10 Å². The van der Waals surface area contributed by atoms with Gasteiger partial charge in [-0.05, 0) is 87.7 Å². The van der Waals surface area contributed by atoms with Gasteiger partial charge in [0.15, 0.2) is 0 Å². The maximum absolute atomic E-state index is 14.4. The number of nitrogens with one attached hydrogen (secondary N) is 1. The summed E-state index contributed by atoms with van der Waals surface area (Å²) in [6, 6.07) is 5.07. The van der Waals surface area contributed by atoms with Gasteiger partial charge in [-0.3, -0.25) is 4.79 Å². The van der Waals surface area contributed by atoms with Gasteiger partial charge in [-0.1, -0.05) is 6.42 Å². The second-order valence-electron chi connectivity index (χ2n) is 8.35.